The van der Waals surface area contributed by atoms with E-state index in [1.54, 1.807) is 7.11 Å². The zero-order valence-electron chi connectivity index (χ0n) is 10.5. The summed E-state index contributed by atoms with van der Waals surface area (Å²) in [5.41, 5.74) is 8.69. The molecular formula is C13H17ClN2O. The molecule has 0 saturated carbocycles. The second-order valence-electron chi connectivity index (χ2n) is 4.85. The van der Waals surface area contributed by atoms with Gasteiger partial charge >= 0.3 is 0 Å². The van der Waals surface area contributed by atoms with Crippen LogP contribution in [0.15, 0.2) is 12.1 Å². The molecule has 1 heterocycles. The molecule has 0 spiro atoms. The topological polar surface area (TPSA) is 51.0 Å². The van der Waals surface area contributed by atoms with E-state index >= 15 is 0 Å². The third-order valence-corrected chi connectivity index (χ3v) is 3.30. The molecule has 0 aliphatic heterocycles. The van der Waals surface area contributed by atoms with Crippen molar-refractivity contribution in [1.82, 2.24) is 4.98 Å². The monoisotopic (exact) mass is 252 g/mol. The van der Waals surface area contributed by atoms with Crippen LogP contribution in [0.1, 0.15) is 25.1 Å². The maximum absolute atomic E-state index is 6.24. The lowest BCUT2D eigenvalue weighted by Gasteiger charge is -2.18. The first-order valence-corrected chi connectivity index (χ1v) is 5.88. The molecular weight excluding hydrogens is 236 g/mol. The lowest BCUT2D eigenvalue weighted by Crippen LogP contribution is -2.29. The number of ether oxygens (including phenoxy) is 1. The van der Waals surface area contributed by atoms with Crippen molar-refractivity contribution in [3.05, 3.63) is 28.4 Å². The van der Waals surface area contributed by atoms with Gasteiger partial charge in [-0.25, -0.2) is 0 Å². The molecule has 0 aliphatic rings. The van der Waals surface area contributed by atoms with Gasteiger partial charge in [-0.05, 0) is 38.5 Å². The lowest BCUT2D eigenvalue weighted by molar-refractivity contribution is 0.418. The summed E-state index contributed by atoms with van der Waals surface area (Å²) in [7, 11) is 1.64. The van der Waals surface area contributed by atoms with Gasteiger partial charge in [-0.2, -0.15) is 0 Å². The fraction of sp³-hybridized carbons (Fsp3) is 0.385. The van der Waals surface area contributed by atoms with Gasteiger partial charge in [0.1, 0.15) is 5.75 Å². The first-order valence-electron chi connectivity index (χ1n) is 5.50. The first kappa shape index (κ1) is 12.3. The Hall–Kier alpha value is -1.19. The number of aromatic nitrogens is 1. The number of H-pyrrole nitrogens is 1. The summed E-state index contributed by atoms with van der Waals surface area (Å²) < 4.78 is 5.33. The Morgan fingerprint density at radius 1 is 1.35 bits per heavy atom. The number of hydrogen-bond acceptors (Lipinski definition) is 2. The number of halogens is 1. The van der Waals surface area contributed by atoms with Crippen LogP contribution in [-0.4, -0.2) is 12.1 Å². The number of benzene rings is 1. The predicted octanol–water partition coefficient (Wildman–Crippen LogP) is 3.33. The molecule has 2 rings (SSSR count). The first-order chi connectivity index (χ1) is 7.86. The summed E-state index contributed by atoms with van der Waals surface area (Å²) in [6, 6.07) is 3.70. The third kappa shape index (κ3) is 1.90. The average molecular weight is 253 g/mol. The quantitative estimate of drug-likeness (QED) is 0.861. The zero-order chi connectivity index (χ0) is 12.8. The smallest absolute Gasteiger partial charge is 0.143 e. The van der Waals surface area contributed by atoms with Crippen molar-refractivity contribution in [1.29, 1.82) is 0 Å². The molecule has 92 valence electrons. The predicted molar refractivity (Wildman–Crippen MR) is 71.8 cm³/mol. The Morgan fingerprint density at radius 3 is 2.53 bits per heavy atom. The second kappa shape index (κ2) is 3.93. The number of nitrogens with two attached hydrogens (primary N) is 1. The van der Waals surface area contributed by atoms with Gasteiger partial charge in [0.15, 0.2) is 0 Å². The Bertz CT molecular complexity index is 567. The van der Waals surface area contributed by atoms with Gasteiger partial charge in [-0.15, -0.1) is 0 Å². The average Bonchev–Trinajstić information content (AvgIpc) is 2.58. The van der Waals surface area contributed by atoms with Gasteiger partial charge in [-0.3, -0.25) is 0 Å². The summed E-state index contributed by atoms with van der Waals surface area (Å²) in [6.07, 6.45) is 0. The van der Waals surface area contributed by atoms with E-state index in [9.17, 15) is 0 Å². The molecule has 0 aliphatic carbocycles. The Labute approximate surface area is 106 Å². The molecule has 1 aromatic heterocycles. The third-order valence-electron chi connectivity index (χ3n) is 2.98. The summed E-state index contributed by atoms with van der Waals surface area (Å²) in [5, 5.41) is 1.70. The standard InChI is InChI=1S/C13H17ClN2O/c1-7-10-8(14)5-6-9(17-4)11(10)16-12(7)13(2,3)15/h5-6,16H,15H2,1-4H3. The Balaban J connectivity index is 2.85. The molecule has 0 saturated heterocycles. The van der Waals surface area contributed by atoms with Gasteiger partial charge in [0.05, 0.1) is 23.2 Å². The Morgan fingerprint density at radius 2 is 2.00 bits per heavy atom. The highest BCUT2D eigenvalue weighted by Gasteiger charge is 2.23. The molecule has 0 unspecified atom stereocenters. The highest BCUT2D eigenvalue weighted by Crippen LogP contribution is 2.37. The minimum absolute atomic E-state index is 0.433. The van der Waals surface area contributed by atoms with Crippen molar-refractivity contribution < 1.29 is 4.74 Å². The van der Waals surface area contributed by atoms with Crippen molar-refractivity contribution in [2.45, 2.75) is 26.3 Å². The van der Waals surface area contributed by atoms with Crippen molar-refractivity contribution in [2.24, 2.45) is 5.73 Å². The normalized spacial score (nSPS) is 12.1. The molecule has 0 fully saturated rings. The molecule has 0 atom stereocenters. The fourth-order valence-corrected chi connectivity index (χ4v) is 2.51. The van der Waals surface area contributed by atoms with E-state index in [2.05, 4.69) is 4.98 Å². The minimum Gasteiger partial charge on any atom is -0.495 e. The highest BCUT2D eigenvalue weighted by molar-refractivity contribution is 6.36. The number of aromatic amines is 1. The van der Waals surface area contributed by atoms with Crippen LogP contribution in [0.4, 0.5) is 0 Å². The molecule has 4 heteroatoms. The van der Waals surface area contributed by atoms with E-state index in [1.807, 2.05) is 32.9 Å². The molecule has 1 aromatic carbocycles. The highest BCUT2D eigenvalue weighted by atomic mass is 35.5. The number of nitrogens with one attached hydrogen (secondary N) is 1. The van der Waals surface area contributed by atoms with Crippen LogP contribution < -0.4 is 10.5 Å². The molecule has 0 radical (unpaired) electrons. The fourth-order valence-electron chi connectivity index (χ4n) is 2.21. The van der Waals surface area contributed by atoms with Crippen LogP contribution in [0.25, 0.3) is 10.9 Å². The van der Waals surface area contributed by atoms with Crippen LogP contribution in [0, 0.1) is 6.92 Å². The summed E-state index contributed by atoms with van der Waals surface area (Å²) >= 11 is 6.24. The lowest BCUT2D eigenvalue weighted by atomic mass is 9.98. The van der Waals surface area contributed by atoms with Crippen LogP contribution in [0.2, 0.25) is 5.02 Å². The van der Waals surface area contributed by atoms with Crippen molar-refractivity contribution >= 4 is 22.5 Å². The van der Waals surface area contributed by atoms with E-state index in [0.29, 0.717) is 5.02 Å². The number of fused-ring (bicyclic) bond motifs is 1. The number of methoxy groups -OCH3 is 1. The zero-order valence-corrected chi connectivity index (χ0v) is 11.3. The molecule has 0 amide bonds. The van der Waals surface area contributed by atoms with Crippen LogP contribution in [0.3, 0.4) is 0 Å². The molecule has 17 heavy (non-hydrogen) atoms. The molecule has 3 nitrogen and oxygen atoms in total. The largest absolute Gasteiger partial charge is 0.495 e. The number of rotatable bonds is 2. The van der Waals surface area contributed by atoms with E-state index in [1.165, 1.54) is 0 Å². The summed E-state index contributed by atoms with van der Waals surface area (Å²) in [4.78, 5) is 3.33. The van der Waals surface area contributed by atoms with Crippen molar-refractivity contribution in [2.75, 3.05) is 7.11 Å². The van der Waals surface area contributed by atoms with Crippen molar-refractivity contribution in [3.8, 4) is 5.75 Å². The van der Waals surface area contributed by atoms with Gasteiger partial charge in [0, 0.05) is 11.1 Å². The van der Waals surface area contributed by atoms with Crippen molar-refractivity contribution in [3.63, 3.8) is 0 Å². The minimum atomic E-state index is -0.433. The maximum Gasteiger partial charge on any atom is 0.143 e. The molecule has 2 aromatic rings. The van der Waals surface area contributed by atoms with Gasteiger partial charge in [-0.1, -0.05) is 11.6 Å². The molecule has 0 bridgehead atoms. The van der Waals surface area contributed by atoms with E-state index in [4.69, 9.17) is 22.1 Å². The number of aryl methyl sites for hydroxylation is 1. The van der Waals surface area contributed by atoms with E-state index < -0.39 is 5.54 Å². The SMILES string of the molecule is COc1ccc(Cl)c2c(C)c(C(C)(C)N)[nH]c12. The summed E-state index contributed by atoms with van der Waals surface area (Å²) in [6.45, 7) is 5.95. The second-order valence-corrected chi connectivity index (χ2v) is 5.25. The van der Waals surface area contributed by atoms with Gasteiger partial charge < -0.3 is 15.5 Å². The molecule has 3 N–H and O–H groups in total. The number of hydrogen-bond donors (Lipinski definition) is 2. The van der Waals surface area contributed by atoms with Gasteiger partial charge in [0.2, 0.25) is 0 Å². The van der Waals surface area contributed by atoms with Crippen LogP contribution >= 0.6 is 11.6 Å². The van der Waals surface area contributed by atoms with Crippen LogP contribution in [-0.2, 0) is 5.54 Å². The Kier molecular flexibility index (Phi) is 2.84. The maximum atomic E-state index is 6.24. The van der Waals surface area contributed by atoms with Crippen LogP contribution in [0.5, 0.6) is 5.75 Å². The van der Waals surface area contributed by atoms with E-state index in [-0.39, 0.29) is 0 Å². The summed E-state index contributed by atoms with van der Waals surface area (Å²) in [5.74, 6) is 0.781. The van der Waals surface area contributed by atoms with E-state index in [0.717, 1.165) is 27.9 Å². The van der Waals surface area contributed by atoms with Gasteiger partial charge in [0.25, 0.3) is 0 Å².